The number of benzene rings is 1. The highest BCUT2D eigenvalue weighted by molar-refractivity contribution is 8.00. The highest BCUT2D eigenvalue weighted by atomic mass is 32.2. The van der Waals surface area contributed by atoms with Gasteiger partial charge in [0.1, 0.15) is 5.75 Å². The van der Waals surface area contributed by atoms with Crippen molar-refractivity contribution in [2.45, 2.75) is 13.5 Å². The first-order valence-electron chi connectivity index (χ1n) is 6.28. The largest absolute Gasteiger partial charge is 0.497 e. The number of nitrogens with one attached hydrogen (secondary N) is 1. The quantitative estimate of drug-likeness (QED) is 0.739. The first kappa shape index (κ1) is 16.4. The molecule has 110 valence electrons. The van der Waals surface area contributed by atoms with E-state index in [4.69, 9.17) is 9.47 Å². The number of methoxy groups -OCH3 is 1. The maximum atomic E-state index is 11.6. The van der Waals surface area contributed by atoms with E-state index >= 15 is 0 Å². The van der Waals surface area contributed by atoms with Gasteiger partial charge in [-0.1, -0.05) is 12.1 Å². The molecule has 0 saturated carbocycles. The molecule has 0 atom stereocenters. The third-order valence-electron chi connectivity index (χ3n) is 2.38. The van der Waals surface area contributed by atoms with Crippen molar-refractivity contribution in [2.24, 2.45) is 0 Å². The summed E-state index contributed by atoms with van der Waals surface area (Å²) in [5.41, 5.74) is 0.966. The normalized spacial score (nSPS) is 9.90. The third kappa shape index (κ3) is 6.47. The van der Waals surface area contributed by atoms with Gasteiger partial charge in [-0.15, -0.1) is 11.8 Å². The number of ether oxygens (including phenoxy) is 2. The molecule has 0 heterocycles. The van der Waals surface area contributed by atoms with Crippen LogP contribution in [0.1, 0.15) is 12.5 Å². The SMILES string of the molecule is CCOC(=O)CSCC(=O)NCc1cccc(OC)c1. The van der Waals surface area contributed by atoms with Gasteiger partial charge in [0.05, 0.1) is 25.2 Å². The predicted octanol–water partition coefficient (Wildman–Crippen LogP) is 1.61. The summed E-state index contributed by atoms with van der Waals surface area (Å²) in [5.74, 6) is 0.789. The highest BCUT2D eigenvalue weighted by Gasteiger charge is 2.06. The highest BCUT2D eigenvalue weighted by Crippen LogP contribution is 2.12. The summed E-state index contributed by atoms with van der Waals surface area (Å²) in [7, 11) is 1.60. The van der Waals surface area contributed by atoms with Crippen LogP contribution in [-0.2, 0) is 20.9 Å². The zero-order valence-electron chi connectivity index (χ0n) is 11.7. The van der Waals surface area contributed by atoms with E-state index < -0.39 is 0 Å². The first-order chi connectivity index (χ1) is 9.65. The van der Waals surface area contributed by atoms with E-state index in [9.17, 15) is 9.59 Å². The Kier molecular flexibility index (Phi) is 7.57. The van der Waals surface area contributed by atoms with Gasteiger partial charge in [0.25, 0.3) is 0 Å². The van der Waals surface area contributed by atoms with Crippen molar-refractivity contribution in [2.75, 3.05) is 25.2 Å². The van der Waals surface area contributed by atoms with Gasteiger partial charge < -0.3 is 14.8 Å². The summed E-state index contributed by atoms with van der Waals surface area (Å²) in [5, 5.41) is 2.79. The number of carbonyl (C=O) groups is 2. The van der Waals surface area contributed by atoms with Crippen LogP contribution < -0.4 is 10.1 Å². The van der Waals surface area contributed by atoms with Crippen molar-refractivity contribution in [3.05, 3.63) is 29.8 Å². The molecule has 0 aliphatic rings. The Morgan fingerprint density at radius 2 is 2.10 bits per heavy atom. The number of thioether (sulfide) groups is 1. The second-order valence-electron chi connectivity index (χ2n) is 3.93. The van der Waals surface area contributed by atoms with E-state index in [0.717, 1.165) is 11.3 Å². The number of hydrogen-bond donors (Lipinski definition) is 1. The molecule has 1 aromatic rings. The maximum absolute atomic E-state index is 11.6. The lowest BCUT2D eigenvalue weighted by Gasteiger charge is -2.07. The van der Waals surface area contributed by atoms with Crippen molar-refractivity contribution in [3.63, 3.8) is 0 Å². The van der Waals surface area contributed by atoms with Crippen molar-refractivity contribution in [1.82, 2.24) is 5.32 Å². The van der Waals surface area contributed by atoms with Gasteiger partial charge in [-0.05, 0) is 24.6 Å². The number of rotatable bonds is 8. The topological polar surface area (TPSA) is 64.6 Å². The van der Waals surface area contributed by atoms with E-state index in [2.05, 4.69) is 5.32 Å². The van der Waals surface area contributed by atoms with Crippen LogP contribution in [0.5, 0.6) is 5.75 Å². The van der Waals surface area contributed by atoms with Gasteiger partial charge in [0.15, 0.2) is 0 Å². The molecular formula is C14H19NO4S. The van der Waals surface area contributed by atoms with E-state index in [1.165, 1.54) is 11.8 Å². The fourth-order valence-corrected chi connectivity index (χ4v) is 2.10. The molecule has 1 rings (SSSR count). The molecule has 6 heteroatoms. The molecule has 1 N–H and O–H groups in total. The molecular weight excluding hydrogens is 278 g/mol. The fourth-order valence-electron chi connectivity index (χ4n) is 1.46. The molecule has 0 unspecified atom stereocenters. The Morgan fingerprint density at radius 3 is 2.80 bits per heavy atom. The van der Waals surface area contributed by atoms with Gasteiger partial charge in [-0.25, -0.2) is 0 Å². The predicted molar refractivity (Wildman–Crippen MR) is 78.8 cm³/mol. The molecule has 20 heavy (non-hydrogen) atoms. The molecule has 0 aliphatic carbocycles. The zero-order valence-corrected chi connectivity index (χ0v) is 12.5. The van der Waals surface area contributed by atoms with Gasteiger partial charge >= 0.3 is 5.97 Å². The number of hydrogen-bond acceptors (Lipinski definition) is 5. The summed E-state index contributed by atoms with van der Waals surface area (Å²) in [6.45, 7) is 2.56. The molecule has 0 saturated heterocycles. The third-order valence-corrected chi connectivity index (χ3v) is 3.29. The summed E-state index contributed by atoms with van der Waals surface area (Å²) in [6, 6.07) is 7.50. The Bertz CT molecular complexity index is 451. The van der Waals surface area contributed by atoms with Crippen molar-refractivity contribution in [3.8, 4) is 5.75 Å². The molecule has 0 spiro atoms. The van der Waals surface area contributed by atoms with E-state index in [0.29, 0.717) is 13.2 Å². The van der Waals surface area contributed by atoms with E-state index in [1.807, 2.05) is 24.3 Å². The molecule has 1 amide bonds. The minimum atomic E-state index is -0.293. The van der Waals surface area contributed by atoms with Crippen LogP contribution in [0.15, 0.2) is 24.3 Å². The molecule has 0 aromatic heterocycles. The van der Waals surface area contributed by atoms with Crippen LogP contribution >= 0.6 is 11.8 Å². The fraction of sp³-hybridized carbons (Fsp3) is 0.429. The molecule has 5 nitrogen and oxygen atoms in total. The van der Waals surface area contributed by atoms with E-state index in [1.54, 1.807) is 14.0 Å². The molecule has 0 aliphatic heterocycles. The van der Waals surface area contributed by atoms with Crippen LogP contribution in [0.2, 0.25) is 0 Å². The lowest BCUT2D eigenvalue weighted by atomic mass is 10.2. The molecule has 0 radical (unpaired) electrons. The standard InChI is InChI=1S/C14H19NO4S/c1-3-19-14(17)10-20-9-13(16)15-8-11-5-4-6-12(7-11)18-2/h4-7H,3,8-10H2,1-2H3,(H,15,16). The molecule has 0 fully saturated rings. The zero-order chi connectivity index (χ0) is 14.8. The second-order valence-corrected chi connectivity index (χ2v) is 4.91. The van der Waals surface area contributed by atoms with Crippen LogP contribution in [0.4, 0.5) is 0 Å². The summed E-state index contributed by atoms with van der Waals surface area (Å²) < 4.78 is 9.88. The first-order valence-corrected chi connectivity index (χ1v) is 7.44. The van der Waals surface area contributed by atoms with Crippen molar-refractivity contribution >= 4 is 23.6 Å². The Balaban J connectivity index is 2.24. The molecule has 1 aromatic carbocycles. The van der Waals surface area contributed by atoms with Crippen LogP contribution in [0.25, 0.3) is 0 Å². The monoisotopic (exact) mass is 297 g/mol. The van der Waals surface area contributed by atoms with Crippen molar-refractivity contribution in [1.29, 1.82) is 0 Å². The van der Waals surface area contributed by atoms with E-state index in [-0.39, 0.29) is 23.4 Å². The Hall–Kier alpha value is -1.69. The van der Waals surface area contributed by atoms with Crippen LogP contribution in [0, 0.1) is 0 Å². The van der Waals surface area contributed by atoms with Crippen molar-refractivity contribution < 1.29 is 19.1 Å². The van der Waals surface area contributed by atoms with Gasteiger partial charge in [0, 0.05) is 6.54 Å². The Labute approximate surface area is 123 Å². The number of carbonyl (C=O) groups excluding carboxylic acids is 2. The number of esters is 1. The van der Waals surface area contributed by atoms with Gasteiger partial charge in [-0.2, -0.15) is 0 Å². The lowest BCUT2D eigenvalue weighted by Crippen LogP contribution is -2.25. The maximum Gasteiger partial charge on any atom is 0.315 e. The Morgan fingerprint density at radius 1 is 1.30 bits per heavy atom. The molecule has 0 bridgehead atoms. The minimum Gasteiger partial charge on any atom is -0.497 e. The summed E-state index contributed by atoms with van der Waals surface area (Å²) in [6.07, 6.45) is 0. The van der Waals surface area contributed by atoms with Gasteiger partial charge in [0.2, 0.25) is 5.91 Å². The summed E-state index contributed by atoms with van der Waals surface area (Å²) >= 11 is 1.24. The average molecular weight is 297 g/mol. The summed E-state index contributed by atoms with van der Waals surface area (Å²) in [4.78, 5) is 22.7. The van der Waals surface area contributed by atoms with Gasteiger partial charge in [-0.3, -0.25) is 9.59 Å². The van der Waals surface area contributed by atoms with Crippen LogP contribution in [-0.4, -0.2) is 37.1 Å². The second kappa shape index (κ2) is 9.25. The number of amides is 1. The minimum absolute atomic E-state index is 0.109. The smallest absolute Gasteiger partial charge is 0.315 e. The van der Waals surface area contributed by atoms with Crippen LogP contribution in [0.3, 0.4) is 0 Å². The average Bonchev–Trinajstić information content (AvgIpc) is 2.45. The lowest BCUT2D eigenvalue weighted by molar-refractivity contribution is -0.139.